The molecule has 0 aromatic heterocycles. The molecule has 0 amide bonds. The maximum absolute atomic E-state index is 2.17. The maximum Gasteiger partial charge on any atom is 0.116 e. The van der Waals surface area contributed by atoms with Crippen LogP contribution in [-0.4, -0.2) is 16.8 Å². The zero-order chi connectivity index (χ0) is 11.4. The first kappa shape index (κ1) is 10.6. The van der Waals surface area contributed by atoms with Gasteiger partial charge in [0, 0.05) is 25.1 Å². The molecule has 0 N–H and O–H groups in total. The lowest BCUT2D eigenvalue weighted by atomic mass is 10.3. The van der Waals surface area contributed by atoms with Crippen LogP contribution in [-0.2, 0) is 0 Å². The first-order valence-corrected chi connectivity index (χ1v) is 5.38. The van der Waals surface area contributed by atoms with E-state index in [1.807, 2.05) is 24.3 Å². The molecule has 2 nitrogen and oxygen atoms in total. The lowest BCUT2D eigenvalue weighted by Crippen LogP contribution is -2.24. The number of nitrogens with zero attached hydrogens (tertiary/aromatic N) is 2. The molecular formula is C14H16N2. The monoisotopic (exact) mass is 212 g/mol. The first-order chi connectivity index (χ1) is 7.79. The number of hydrogen-bond donors (Lipinski definition) is 0. The molecular weight excluding hydrogens is 196 g/mol. The Morgan fingerprint density at radius 2 is 1.50 bits per heavy atom. The highest BCUT2D eigenvalue weighted by Crippen LogP contribution is 2.20. The second-order valence-electron chi connectivity index (χ2n) is 3.77. The highest BCUT2D eigenvalue weighted by Gasteiger charge is 2.12. The molecule has 0 bridgehead atoms. The van der Waals surface area contributed by atoms with Crippen LogP contribution >= 0.6 is 0 Å². The predicted molar refractivity (Wildman–Crippen MR) is 68.0 cm³/mol. The Morgan fingerprint density at radius 3 is 2.31 bits per heavy atom. The van der Waals surface area contributed by atoms with Gasteiger partial charge in [-0.05, 0) is 31.2 Å². The summed E-state index contributed by atoms with van der Waals surface area (Å²) in [7, 11) is 2.05. The standard InChI is InChI=1S/C14H16N2/c1-13-9-5-3-8-12-16(13)14-10-6-4-7-11-15(14)2/h3-12H,1-2H3. The van der Waals surface area contributed by atoms with Gasteiger partial charge in [-0.1, -0.05) is 24.3 Å². The molecule has 2 heterocycles. The van der Waals surface area contributed by atoms with Gasteiger partial charge in [0.15, 0.2) is 0 Å². The molecule has 0 saturated carbocycles. The van der Waals surface area contributed by atoms with Gasteiger partial charge in [-0.2, -0.15) is 0 Å². The van der Waals surface area contributed by atoms with Crippen molar-refractivity contribution in [2.24, 2.45) is 0 Å². The fraction of sp³-hybridized carbons (Fsp3) is 0.143. The first-order valence-electron chi connectivity index (χ1n) is 5.38. The van der Waals surface area contributed by atoms with E-state index in [0.717, 1.165) is 5.82 Å². The Balaban J connectivity index is 2.33. The van der Waals surface area contributed by atoms with Crippen LogP contribution in [0.1, 0.15) is 6.92 Å². The minimum Gasteiger partial charge on any atom is -0.337 e. The zero-order valence-corrected chi connectivity index (χ0v) is 9.67. The van der Waals surface area contributed by atoms with Gasteiger partial charge in [-0.25, -0.2) is 0 Å². The van der Waals surface area contributed by atoms with Crippen LogP contribution in [0.25, 0.3) is 0 Å². The Morgan fingerprint density at radius 1 is 0.812 bits per heavy atom. The van der Waals surface area contributed by atoms with E-state index in [2.05, 4.69) is 60.5 Å². The summed E-state index contributed by atoms with van der Waals surface area (Å²) in [5.41, 5.74) is 1.20. The summed E-state index contributed by atoms with van der Waals surface area (Å²) in [6.07, 6.45) is 20.6. The SMILES string of the molecule is CC1=CC=CC=CN1C1=CC=CC=CN1C. The molecule has 0 aromatic rings. The van der Waals surface area contributed by atoms with E-state index in [4.69, 9.17) is 0 Å². The van der Waals surface area contributed by atoms with Gasteiger partial charge in [-0.3, -0.25) is 0 Å². The van der Waals surface area contributed by atoms with Crippen molar-refractivity contribution in [3.05, 3.63) is 72.5 Å². The van der Waals surface area contributed by atoms with E-state index in [1.54, 1.807) is 0 Å². The number of hydrogen-bond acceptors (Lipinski definition) is 2. The van der Waals surface area contributed by atoms with Crippen molar-refractivity contribution < 1.29 is 0 Å². The summed E-state index contributed by atoms with van der Waals surface area (Å²) in [5, 5.41) is 0. The van der Waals surface area contributed by atoms with Crippen LogP contribution in [0.4, 0.5) is 0 Å². The molecule has 16 heavy (non-hydrogen) atoms. The van der Waals surface area contributed by atoms with Gasteiger partial charge < -0.3 is 9.80 Å². The van der Waals surface area contributed by atoms with E-state index in [0.29, 0.717) is 0 Å². The van der Waals surface area contributed by atoms with Crippen molar-refractivity contribution in [2.75, 3.05) is 7.05 Å². The Hall–Kier alpha value is -1.96. The molecule has 2 aliphatic rings. The maximum atomic E-state index is 2.17. The molecule has 0 spiro atoms. The van der Waals surface area contributed by atoms with Crippen LogP contribution in [0.15, 0.2) is 72.5 Å². The molecule has 0 radical (unpaired) electrons. The summed E-state index contributed by atoms with van der Waals surface area (Å²) in [6.45, 7) is 2.10. The van der Waals surface area contributed by atoms with Crippen LogP contribution in [0.3, 0.4) is 0 Å². The van der Waals surface area contributed by atoms with Crippen LogP contribution in [0.2, 0.25) is 0 Å². The summed E-state index contributed by atoms with van der Waals surface area (Å²) in [4.78, 5) is 4.27. The van der Waals surface area contributed by atoms with Crippen molar-refractivity contribution in [1.82, 2.24) is 9.80 Å². The molecule has 2 heteroatoms. The second-order valence-corrected chi connectivity index (χ2v) is 3.77. The Kier molecular flexibility index (Phi) is 3.10. The molecule has 0 aromatic carbocycles. The van der Waals surface area contributed by atoms with Crippen molar-refractivity contribution in [1.29, 1.82) is 0 Å². The van der Waals surface area contributed by atoms with Crippen molar-refractivity contribution in [3.8, 4) is 0 Å². The molecule has 0 atom stereocenters. The lowest BCUT2D eigenvalue weighted by molar-refractivity contribution is 0.402. The fourth-order valence-corrected chi connectivity index (χ4v) is 1.68. The van der Waals surface area contributed by atoms with Crippen LogP contribution in [0, 0.1) is 0 Å². The molecule has 2 aliphatic heterocycles. The summed E-state index contributed by atoms with van der Waals surface area (Å²) in [6, 6.07) is 0. The van der Waals surface area contributed by atoms with Gasteiger partial charge in [0.1, 0.15) is 5.82 Å². The minimum atomic E-state index is 1.14. The number of rotatable bonds is 1. The molecule has 0 aliphatic carbocycles. The van der Waals surface area contributed by atoms with E-state index < -0.39 is 0 Å². The van der Waals surface area contributed by atoms with Gasteiger partial charge in [-0.15, -0.1) is 0 Å². The topological polar surface area (TPSA) is 6.48 Å². The third-order valence-corrected chi connectivity index (χ3v) is 2.56. The third kappa shape index (κ3) is 2.16. The van der Waals surface area contributed by atoms with Gasteiger partial charge in [0.25, 0.3) is 0 Å². The summed E-state index contributed by atoms with van der Waals surface area (Å²) < 4.78 is 0. The molecule has 2 rings (SSSR count). The van der Waals surface area contributed by atoms with E-state index in [1.165, 1.54) is 5.70 Å². The highest BCUT2D eigenvalue weighted by atomic mass is 15.3. The molecule has 0 saturated heterocycles. The Bertz CT molecular complexity index is 434. The van der Waals surface area contributed by atoms with Crippen molar-refractivity contribution >= 4 is 0 Å². The average Bonchev–Trinajstić information content (AvgIpc) is 2.59. The van der Waals surface area contributed by atoms with Gasteiger partial charge in [0.2, 0.25) is 0 Å². The second kappa shape index (κ2) is 4.71. The predicted octanol–water partition coefficient (Wildman–Crippen LogP) is 3.13. The van der Waals surface area contributed by atoms with Crippen molar-refractivity contribution in [3.63, 3.8) is 0 Å². The van der Waals surface area contributed by atoms with Crippen molar-refractivity contribution in [2.45, 2.75) is 6.92 Å². The lowest BCUT2D eigenvalue weighted by Gasteiger charge is -2.29. The highest BCUT2D eigenvalue weighted by molar-refractivity contribution is 5.29. The normalized spacial score (nSPS) is 19.4. The molecule has 0 unspecified atom stereocenters. The zero-order valence-electron chi connectivity index (χ0n) is 9.67. The molecule has 0 fully saturated rings. The van der Waals surface area contributed by atoms with Gasteiger partial charge in [0.05, 0.1) is 0 Å². The van der Waals surface area contributed by atoms with Crippen LogP contribution in [0.5, 0.6) is 0 Å². The van der Waals surface area contributed by atoms with Crippen LogP contribution < -0.4 is 0 Å². The smallest absolute Gasteiger partial charge is 0.116 e. The number of allylic oxidation sites excluding steroid dienone is 9. The fourth-order valence-electron chi connectivity index (χ4n) is 1.68. The average molecular weight is 212 g/mol. The van der Waals surface area contributed by atoms with Gasteiger partial charge >= 0.3 is 0 Å². The Labute approximate surface area is 96.9 Å². The summed E-state index contributed by atoms with van der Waals surface area (Å²) in [5.74, 6) is 1.14. The quantitative estimate of drug-likeness (QED) is 0.659. The molecule has 82 valence electrons. The van der Waals surface area contributed by atoms with E-state index in [-0.39, 0.29) is 0 Å². The summed E-state index contributed by atoms with van der Waals surface area (Å²) >= 11 is 0. The largest absolute Gasteiger partial charge is 0.337 e. The van der Waals surface area contributed by atoms with E-state index in [9.17, 15) is 0 Å². The van der Waals surface area contributed by atoms with E-state index >= 15 is 0 Å². The third-order valence-electron chi connectivity index (χ3n) is 2.56. The minimum absolute atomic E-state index is 1.14.